The molecular weight excluding hydrogens is 414 g/mol. The van der Waals surface area contributed by atoms with Crippen LogP contribution in [0.25, 0.3) is 10.2 Å². The second-order valence-corrected chi connectivity index (χ2v) is 9.90. The molecule has 0 aliphatic carbocycles. The largest absolute Gasteiger partial charge is 0.376 e. The molecule has 2 N–H and O–H groups in total. The van der Waals surface area contributed by atoms with Gasteiger partial charge >= 0.3 is 0 Å². The predicted octanol–water partition coefficient (Wildman–Crippen LogP) is 4.09. The number of rotatable bonds is 7. The van der Waals surface area contributed by atoms with Crippen LogP contribution in [0.1, 0.15) is 24.0 Å². The SMILES string of the molecule is Cc1cc(C)c2nc(NC(=O)CSc3nnc(NCC4CCCO4)s3)sc2c1. The van der Waals surface area contributed by atoms with Crippen LogP contribution in [0.3, 0.4) is 0 Å². The van der Waals surface area contributed by atoms with E-state index < -0.39 is 0 Å². The Labute approximate surface area is 175 Å². The van der Waals surface area contributed by atoms with E-state index in [0.29, 0.717) is 5.13 Å². The minimum atomic E-state index is -0.0949. The van der Waals surface area contributed by atoms with Crippen molar-refractivity contribution in [3.05, 3.63) is 23.3 Å². The van der Waals surface area contributed by atoms with Crippen molar-refractivity contribution in [2.75, 3.05) is 29.5 Å². The number of carbonyl (C=O) groups is 1. The van der Waals surface area contributed by atoms with Crippen molar-refractivity contribution in [3.63, 3.8) is 0 Å². The van der Waals surface area contributed by atoms with Gasteiger partial charge in [0.2, 0.25) is 11.0 Å². The second kappa shape index (κ2) is 8.73. The van der Waals surface area contributed by atoms with Crippen molar-refractivity contribution in [1.29, 1.82) is 0 Å². The predicted molar refractivity (Wildman–Crippen MR) is 116 cm³/mol. The van der Waals surface area contributed by atoms with Crippen LogP contribution < -0.4 is 10.6 Å². The average molecular weight is 436 g/mol. The van der Waals surface area contributed by atoms with Gasteiger partial charge in [-0.2, -0.15) is 0 Å². The first-order chi connectivity index (χ1) is 13.6. The second-order valence-electron chi connectivity index (χ2n) is 6.67. The normalized spacial score (nSPS) is 16.6. The number of thiazole rings is 1. The number of hydrogen-bond donors (Lipinski definition) is 2. The summed E-state index contributed by atoms with van der Waals surface area (Å²) in [5, 5.41) is 15.8. The Morgan fingerprint density at radius 1 is 1.29 bits per heavy atom. The Balaban J connectivity index is 1.28. The molecule has 2 aromatic heterocycles. The topological polar surface area (TPSA) is 89.0 Å². The summed E-state index contributed by atoms with van der Waals surface area (Å²) in [6, 6.07) is 4.19. The average Bonchev–Trinajstić information content (AvgIpc) is 3.39. The number of fused-ring (bicyclic) bond motifs is 1. The third-order valence-electron chi connectivity index (χ3n) is 4.31. The molecule has 1 aromatic carbocycles. The molecule has 1 aliphatic rings. The van der Waals surface area contributed by atoms with E-state index in [0.717, 1.165) is 51.2 Å². The van der Waals surface area contributed by atoms with Gasteiger partial charge in [-0.25, -0.2) is 4.98 Å². The number of anilines is 2. The minimum Gasteiger partial charge on any atom is -0.376 e. The zero-order valence-electron chi connectivity index (χ0n) is 15.7. The fourth-order valence-corrected chi connectivity index (χ4v) is 5.67. The van der Waals surface area contributed by atoms with Gasteiger partial charge in [0.05, 0.1) is 22.1 Å². The lowest BCUT2D eigenvalue weighted by atomic mass is 10.1. The lowest BCUT2D eigenvalue weighted by Crippen LogP contribution is -2.18. The number of ether oxygens (including phenoxy) is 1. The van der Waals surface area contributed by atoms with Gasteiger partial charge in [0.25, 0.3) is 0 Å². The van der Waals surface area contributed by atoms with Gasteiger partial charge in [-0.05, 0) is 43.9 Å². The van der Waals surface area contributed by atoms with Gasteiger partial charge in [-0.1, -0.05) is 40.5 Å². The molecule has 1 saturated heterocycles. The van der Waals surface area contributed by atoms with Gasteiger partial charge < -0.3 is 15.4 Å². The van der Waals surface area contributed by atoms with Crippen molar-refractivity contribution in [3.8, 4) is 0 Å². The quantitative estimate of drug-likeness (QED) is 0.540. The molecule has 148 valence electrons. The van der Waals surface area contributed by atoms with Gasteiger partial charge in [0.15, 0.2) is 9.47 Å². The molecule has 0 bridgehead atoms. The van der Waals surface area contributed by atoms with E-state index in [1.165, 1.54) is 40.0 Å². The summed E-state index contributed by atoms with van der Waals surface area (Å²) in [6.07, 6.45) is 2.46. The summed E-state index contributed by atoms with van der Waals surface area (Å²) in [7, 11) is 0. The first kappa shape index (κ1) is 19.6. The van der Waals surface area contributed by atoms with Gasteiger partial charge in [0, 0.05) is 13.2 Å². The smallest absolute Gasteiger partial charge is 0.236 e. The Bertz CT molecular complexity index is 981. The molecule has 1 amide bonds. The Kier molecular flexibility index (Phi) is 6.10. The molecule has 0 radical (unpaired) electrons. The maximum atomic E-state index is 12.3. The molecule has 3 heterocycles. The number of amides is 1. The highest BCUT2D eigenvalue weighted by molar-refractivity contribution is 8.01. The van der Waals surface area contributed by atoms with E-state index in [1.54, 1.807) is 0 Å². The molecule has 4 rings (SSSR count). The van der Waals surface area contributed by atoms with Crippen molar-refractivity contribution in [1.82, 2.24) is 15.2 Å². The molecule has 0 saturated carbocycles. The number of carbonyl (C=O) groups excluding carboxylic acids is 1. The van der Waals surface area contributed by atoms with Crippen LogP contribution in [0.4, 0.5) is 10.3 Å². The fourth-order valence-electron chi connectivity index (χ4n) is 3.05. The van der Waals surface area contributed by atoms with E-state index in [4.69, 9.17) is 4.74 Å². The number of aromatic nitrogens is 3. The molecule has 0 spiro atoms. The summed E-state index contributed by atoms with van der Waals surface area (Å²) < 4.78 is 7.44. The third kappa shape index (κ3) is 4.80. The van der Waals surface area contributed by atoms with Gasteiger partial charge in [-0.3, -0.25) is 4.79 Å². The molecule has 10 heteroatoms. The van der Waals surface area contributed by atoms with E-state index in [1.807, 2.05) is 6.92 Å². The summed E-state index contributed by atoms with van der Waals surface area (Å²) in [4.78, 5) is 16.8. The highest BCUT2D eigenvalue weighted by Crippen LogP contribution is 2.30. The number of nitrogens with one attached hydrogen (secondary N) is 2. The maximum absolute atomic E-state index is 12.3. The molecule has 7 nitrogen and oxygen atoms in total. The summed E-state index contributed by atoms with van der Waals surface area (Å²) in [5.74, 6) is 0.177. The summed E-state index contributed by atoms with van der Waals surface area (Å²) >= 11 is 4.33. The number of aryl methyl sites for hydroxylation is 2. The number of nitrogens with zero attached hydrogens (tertiary/aromatic N) is 3. The van der Waals surface area contributed by atoms with Crippen molar-refractivity contribution in [2.45, 2.75) is 37.1 Å². The monoisotopic (exact) mass is 435 g/mol. The fraction of sp³-hybridized carbons (Fsp3) is 0.444. The molecule has 1 fully saturated rings. The van der Waals surface area contributed by atoms with Gasteiger partial charge in [0.1, 0.15) is 0 Å². The van der Waals surface area contributed by atoms with E-state index in [-0.39, 0.29) is 17.8 Å². The Hall–Kier alpha value is -1.75. The van der Waals surface area contributed by atoms with E-state index in [2.05, 4.69) is 44.9 Å². The molecule has 1 aliphatic heterocycles. The molecule has 28 heavy (non-hydrogen) atoms. The zero-order chi connectivity index (χ0) is 19.5. The highest BCUT2D eigenvalue weighted by atomic mass is 32.2. The van der Waals surface area contributed by atoms with Crippen LogP contribution in [0, 0.1) is 13.8 Å². The van der Waals surface area contributed by atoms with Crippen LogP contribution in [-0.4, -0.2) is 46.1 Å². The number of hydrogen-bond acceptors (Lipinski definition) is 9. The zero-order valence-corrected chi connectivity index (χ0v) is 18.1. The van der Waals surface area contributed by atoms with Crippen molar-refractivity contribution >= 4 is 60.8 Å². The summed E-state index contributed by atoms with van der Waals surface area (Å²) in [5.41, 5.74) is 3.27. The summed E-state index contributed by atoms with van der Waals surface area (Å²) in [6.45, 7) is 5.69. The lowest BCUT2D eigenvalue weighted by Gasteiger charge is -2.08. The molecular formula is C18H21N5O2S3. The van der Waals surface area contributed by atoms with Crippen molar-refractivity contribution < 1.29 is 9.53 Å². The van der Waals surface area contributed by atoms with Gasteiger partial charge in [-0.15, -0.1) is 10.2 Å². The van der Waals surface area contributed by atoms with Crippen LogP contribution in [0.5, 0.6) is 0 Å². The van der Waals surface area contributed by atoms with E-state index in [9.17, 15) is 4.79 Å². The number of benzene rings is 1. The number of thioether (sulfide) groups is 1. The Morgan fingerprint density at radius 2 is 2.18 bits per heavy atom. The van der Waals surface area contributed by atoms with Crippen LogP contribution in [-0.2, 0) is 9.53 Å². The van der Waals surface area contributed by atoms with Crippen molar-refractivity contribution in [2.24, 2.45) is 0 Å². The Morgan fingerprint density at radius 3 is 3.00 bits per heavy atom. The molecule has 3 aromatic rings. The lowest BCUT2D eigenvalue weighted by molar-refractivity contribution is -0.113. The first-order valence-corrected chi connectivity index (χ1v) is 11.7. The van der Waals surface area contributed by atoms with Crippen LogP contribution in [0.2, 0.25) is 0 Å². The third-order valence-corrected chi connectivity index (χ3v) is 7.25. The van der Waals surface area contributed by atoms with Crippen LogP contribution in [0.15, 0.2) is 16.5 Å². The molecule has 1 atom stereocenters. The maximum Gasteiger partial charge on any atom is 0.236 e. The standard InChI is InChI=1S/C18H21N5O2S3/c1-10-6-11(2)15-13(7-10)27-17(21-15)20-14(24)9-26-18-23-22-16(28-18)19-8-12-4-3-5-25-12/h6-7,12H,3-5,8-9H2,1-2H3,(H,19,22)(H,20,21,24). The van der Waals surface area contributed by atoms with E-state index >= 15 is 0 Å². The van der Waals surface area contributed by atoms with Crippen LogP contribution >= 0.6 is 34.4 Å². The first-order valence-electron chi connectivity index (χ1n) is 9.06. The minimum absolute atomic E-state index is 0.0949. The highest BCUT2D eigenvalue weighted by Gasteiger charge is 2.16. The molecule has 1 unspecified atom stereocenters.